The summed E-state index contributed by atoms with van der Waals surface area (Å²) in [5.74, 6) is 2.12. The van der Waals surface area contributed by atoms with Crippen molar-refractivity contribution in [3.05, 3.63) is 29.8 Å². The maximum Gasteiger partial charge on any atom is 0.133 e. The number of hydrogen-bond acceptors (Lipinski definition) is 3. The van der Waals surface area contributed by atoms with Crippen molar-refractivity contribution in [3.63, 3.8) is 0 Å². The Morgan fingerprint density at radius 1 is 1.15 bits per heavy atom. The van der Waals surface area contributed by atoms with Crippen LogP contribution in [0.4, 0.5) is 0 Å². The second kappa shape index (κ2) is 9.40. The lowest BCUT2D eigenvalue weighted by molar-refractivity contribution is -0.123. The summed E-state index contributed by atoms with van der Waals surface area (Å²) in [6.07, 6.45) is 10.9. The molecule has 1 atom stereocenters. The molecule has 0 heterocycles. The van der Waals surface area contributed by atoms with Gasteiger partial charge in [-0.05, 0) is 74.5 Å². The van der Waals surface area contributed by atoms with E-state index < -0.39 is 0 Å². The first-order chi connectivity index (χ1) is 13.2. The van der Waals surface area contributed by atoms with Gasteiger partial charge in [0.2, 0.25) is 0 Å². The largest absolute Gasteiger partial charge is 0.494 e. The lowest BCUT2D eigenvalue weighted by Crippen LogP contribution is -2.36. The van der Waals surface area contributed by atoms with Gasteiger partial charge in [0.15, 0.2) is 0 Å². The summed E-state index contributed by atoms with van der Waals surface area (Å²) in [4.78, 5) is 11.9. The van der Waals surface area contributed by atoms with E-state index in [1.54, 1.807) is 0 Å². The fourth-order valence-electron chi connectivity index (χ4n) is 4.95. The van der Waals surface area contributed by atoms with E-state index in [2.05, 4.69) is 37.3 Å². The van der Waals surface area contributed by atoms with E-state index in [0.717, 1.165) is 57.3 Å². The van der Waals surface area contributed by atoms with Crippen LogP contribution in [0.3, 0.4) is 0 Å². The summed E-state index contributed by atoms with van der Waals surface area (Å²) < 4.78 is 5.82. The van der Waals surface area contributed by atoms with Gasteiger partial charge >= 0.3 is 0 Å². The lowest BCUT2D eigenvalue weighted by atomic mass is 9.60. The molecule has 0 N–H and O–H groups in total. The smallest absolute Gasteiger partial charge is 0.133 e. The van der Waals surface area contributed by atoms with Crippen LogP contribution in [0, 0.1) is 22.7 Å². The van der Waals surface area contributed by atoms with Crippen molar-refractivity contribution >= 4 is 5.78 Å². The topological polar surface area (TPSA) is 50.1 Å². The Labute approximate surface area is 164 Å². The average Bonchev–Trinajstić information content (AvgIpc) is 2.72. The Kier molecular flexibility index (Phi) is 6.94. The van der Waals surface area contributed by atoms with E-state index in [-0.39, 0.29) is 11.3 Å². The van der Waals surface area contributed by atoms with E-state index in [1.165, 1.54) is 18.4 Å². The average molecular weight is 368 g/mol. The second-order valence-electron chi connectivity index (χ2n) is 8.50. The minimum absolute atomic E-state index is 0.269. The predicted octanol–water partition coefficient (Wildman–Crippen LogP) is 6.18. The zero-order chi connectivity index (χ0) is 19.1. The molecule has 2 aliphatic carbocycles. The molecule has 1 aromatic carbocycles. The Morgan fingerprint density at radius 3 is 2.52 bits per heavy atom. The fraction of sp³-hybridized carbons (Fsp3) is 0.667. The molecule has 0 spiro atoms. The van der Waals surface area contributed by atoms with Crippen LogP contribution in [-0.2, 0) is 4.79 Å². The van der Waals surface area contributed by atoms with Crippen molar-refractivity contribution in [2.24, 2.45) is 11.3 Å². The summed E-state index contributed by atoms with van der Waals surface area (Å²) in [7, 11) is 0. The molecule has 2 aliphatic rings. The molecule has 3 nitrogen and oxygen atoms in total. The molecule has 0 aromatic heterocycles. The van der Waals surface area contributed by atoms with Crippen molar-refractivity contribution in [2.45, 2.75) is 83.5 Å². The summed E-state index contributed by atoms with van der Waals surface area (Å²) in [6, 6.07) is 11.2. The molecular formula is C24H33NO2. The monoisotopic (exact) mass is 367 g/mol. The molecular weight excluding hydrogens is 334 g/mol. The van der Waals surface area contributed by atoms with E-state index in [4.69, 9.17) is 4.74 Å². The first-order valence-electron chi connectivity index (χ1n) is 10.8. The number of unbranched alkanes of at least 4 members (excludes halogenated alkanes) is 2. The Balaban J connectivity index is 1.55. The highest BCUT2D eigenvalue weighted by atomic mass is 16.5. The molecule has 2 saturated carbocycles. The zero-order valence-corrected chi connectivity index (χ0v) is 16.7. The first kappa shape index (κ1) is 19.9. The Hall–Kier alpha value is -1.82. The molecule has 1 unspecified atom stereocenters. The van der Waals surface area contributed by atoms with Gasteiger partial charge in [0.25, 0.3) is 0 Å². The first-order valence-corrected chi connectivity index (χ1v) is 10.8. The highest BCUT2D eigenvalue weighted by Gasteiger charge is 2.43. The van der Waals surface area contributed by atoms with Crippen molar-refractivity contribution in [2.75, 3.05) is 6.61 Å². The summed E-state index contributed by atoms with van der Waals surface area (Å²) >= 11 is 0. The molecule has 146 valence electrons. The van der Waals surface area contributed by atoms with Crippen LogP contribution >= 0.6 is 0 Å². The number of hydrogen-bond donors (Lipinski definition) is 0. The third kappa shape index (κ3) is 4.92. The third-order valence-corrected chi connectivity index (χ3v) is 6.73. The number of carbonyl (C=O) groups is 1. The van der Waals surface area contributed by atoms with Crippen LogP contribution in [0.2, 0.25) is 0 Å². The maximum atomic E-state index is 11.9. The second-order valence-corrected chi connectivity index (χ2v) is 8.50. The van der Waals surface area contributed by atoms with E-state index in [0.29, 0.717) is 24.5 Å². The minimum Gasteiger partial charge on any atom is -0.494 e. The highest BCUT2D eigenvalue weighted by Crippen LogP contribution is 2.50. The SMILES string of the molecule is CCCCCOc1ccc(C2CCC(C#N)(C3CCCC(=O)C3)CC2)cc1. The van der Waals surface area contributed by atoms with E-state index in [9.17, 15) is 10.1 Å². The molecule has 0 amide bonds. The number of ether oxygens (including phenoxy) is 1. The minimum atomic E-state index is -0.269. The number of Topliss-reactive ketones (excluding diaryl/α,β-unsaturated/α-hetero) is 1. The molecule has 0 bridgehead atoms. The number of ketones is 1. The van der Waals surface area contributed by atoms with Crippen molar-refractivity contribution in [3.8, 4) is 11.8 Å². The number of nitriles is 1. The van der Waals surface area contributed by atoms with Gasteiger partial charge in [-0.25, -0.2) is 0 Å². The standard InChI is InChI=1S/C24H33NO2/c1-2-3-4-16-27-23-10-8-19(9-11-23)20-12-14-24(18-25,15-13-20)21-6-5-7-22(26)17-21/h8-11,20-21H,2-7,12-17H2,1H3. The molecule has 3 heteroatoms. The van der Waals surface area contributed by atoms with Gasteiger partial charge in [-0.3, -0.25) is 4.79 Å². The molecule has 27 heavy (non-hydrogen) atoms. The van der Waals surface area contributed by atoms with Crippen molar-refractivity contribution in [1.29, 1.82) is 5.26 Å². The van der Waals surface area contributed by atoms with Crippen LogP contribution in [0.1, 0.15) is 89.0 Å². The number of benzene rings is 1. The molecule has 0 radical (unpaired) electrons. The summed E-state index contributed by atoms with van der Waals surface area (Å²) in [5.41, 5.74) is 1.09. The summed E-state index contributed by atoms with van der Waals surface area (Å²) in [5, 5.41) is 9.92. The van der Waals surface area contributed by atoms with Gasteiger partial charge in [-0.15, -0.1) is 0 Å². The fourth-order valence-corrected chi connectivity index (χ4v) is 4.95. The highest BCUT2D eigenvalue weighted by molar-refractivity contribution is 5.79. The van der Waals surface area contributed by atoms with E-state index >= 15 is 0 Å². The van der Waals surface area contributed by atoms with Gasteiger partial charge in [-0.2, -0.15) is 5.26 Å². The Bertz CT molecular complexity index is 650. The quantitative estimate of drug-likeness (QED) is 0.540. The van der Waals surface area contributed by atoms with Crippen LogP contribution < -0.4 is 4.74 Å². The van der Waals surface area contributed by atoms with Crippen molar-refractivity contribution in [1.82, 2.24) is 0 Å². The molecule has 0 aliphatic heterocycles. The van der Waals surface area contributed by atoms with Crippen LogP contribution in [0.15, 0.2) is 24.3 Å². The zero-order valence-electron chi connectivity index (χ0n) is 16.7. The summed E-state index contributed by atoms with van der Waals surface area (Å²) in [6.45, 7) is 2.99. The van der Waals surface area contributed by atoms with Gasteiger partial charge in [0, 0.05) is 12.8 Å². The number of rotatable bonds is 7. The van der Waals surface area contributed by atoms with Crippen LogP contribution in [-0.4, -0.2) is 12.4 Å². The maximum absolute atomic E-state index is 11.9. The number of nitrogens with zero attached hydrogens (tertiary/aromatic N) is 1. The van der Waals surface area contributed by atoms with E-state index in [1.807, 2.05) is 0 Å². The van der Waals surface area contributed by atoms with Crippen LogP contribution in [0.25, 0.3) is 0 Å². The predicted molar refractivity (Wildman–Crippen MR) is 108 cm³/mol. The lowest BCUT2D eigenvalue weighted by Gasteiger charge is -2.42. The third-order valence-electron chi connectivity index (χ3n) is 6.73. The van der Waals surface area contributed by atoms with Gasteiger partial charge in [0.05, 0.1) is 18.1 Å². The van der Waals surface area contributed by atoms with Gasteiger partial charge in [-0.1, -0.05) is 31.9 Å². The van der Waals surface area contributed by atoms with Crippen LogP contribution in [0.5, 0.6) is 5.75 Å². The molecule has 1 aromatic rings. The van der Waals surface area contributed by atoms with Crippen molar-refractivity contribution < 1.29 is 9.53 Å². The Morgan fingerprint density at radius 2 is 1.89 bits per heavy atom. The molecule has 0 saturated heterocycles. The molecule has 2 fully saturated rings. The van der Waals surface area contributed by atoms with Gasteiger partial charge < -0.3 is 4.74 Å². The number of carbonyl (C=O) groups excluding carboxylic acids is 1. The normalized spacial score (nSPS) is 28.5. The molecule has 3 rings (SSSR count). The van der Waals surface area contributed by atoms with Gasteiger partial charge in [0.1, 0.15) is 11.5 Å².